The van der Waals surface area contributed by atoms with E-state index in [0.29, 0.717) is 25.7 Å². The fourth-order valence-electron chi connectivity index (χ4n) is 5.03. The Hall–Kier alpha value is -1.14. The molecule has 0 aromatic rings. The van der Waals surface area contributed by atoms with E-state index in [9.17, 15) is 19.8 Å². The second-order valence-corrected chi connectivity index (χ2v) is 9.38. The largest absolute Gasteiger partial charge is 0.388 e. The van der Waals surface area contributed by atoms with Crippen molar-refractivity contribution in [2.24, 2.45) is 11.8 Å². The lowest BCUT2D eigenvalue weighted by Gasteiger charge is -2.37. The Balaban J connectivity index is 1.94. The van der Waals surface area contributed by atoms with Gasteiger partial charge in [0.2, 0.25) is 11.8 Å². The van der Waals surface area contributed by atoms with Gasteiger partial charge in [0.15, 0.2) is 0 Å². The number of rotatable bonds is 8. The van der Waals surface area contributed by atoms with E-state index in [4.69, 9.17) is 0 Å². The molecule has 2 saturated carbocycles. The van der Waals surface area contributed by atoms with Crippen molar-refractivity contribution < 1.29 is 19.8 Å². The van der Waals surface area contributed by atoms with E-state index in [1.165, 1.54) is 0 Å². The topological polar surface area (TPSA) is 98.7 Å². The van der Waals surface area contributed by atoms with Crippen molar-refractivity contribution >= 4 is 11.8 Å². The lowest BCUT2D eigenvalue weighted by atomic mass is 9.84. The number of aliphatic hydroxyl groups is 2. The molecule has 0 aliphatic heterocycles. The fourth-order valence-corrected chi connectivity index (χ4v) is 5.03. The van der Waals surface area contributed by atoms with E-state index in [1.54, 1.807) is 0 Å². The second-order valence-electron chi connectivity index (χ2n) is 9.38. The third-order valence-electron chi connectivity index (χ3n) is 6.38. The summed E-state index contributed by atoms with van der Waals surface area (Å²) in [7, 11) is 0. The number of hydrogen-bond donors (Lipinski definition) is 4. The standard InChI is InChI=1S/C21H38N2O4/c1-14(2)18(20(26)9-5-6-10-20)22-16(24)13-17(25)23-19(15(3)4)21(27)11-7-8-12-21/h14-15,18-19,26-27H,5-13H2,1-4H3,(H,22,24)(H,23,25)/t18-,19-/m1/s1. The summed E-state index contributed by atoms with van der Waals surface area (Å²) in [5.74, 6) is -0.565. The lowest BCUT2D eigenvalue weighted by molar-refractivity contribution is -0.133. The quantitative estimate of drug-likeness (QED) is 0.484. The highest BCUT2D eigenvalue weighted by Gasteiger charge is 2.43. The molecule has 2 aliphatic carbocycles. The predicted molar refractivity (Wildman–Crippen MR) is 105 cm³/mol. The van der Waals surface area contributed by atoms with Crippen LogP contribution in [0.15, 0.2) is 0 Å². The van der Waals surface area contributed by atoms with Gasteiger partial charge >= 0.3 is 0 Å². The third-order valence-corrected chi connectivity index (χ3v) is 6.38. The summed E-state index contributed by atoms with van der Waals surface area (Å²) in [6.07, 6.45) is 6.31. The van der Waals surface area contributed by atoms with E-state index in [2.05, 4.69) is 10.6 Å². The predicted octanol–water partition coefficient (Wildman–Crippen LogP) is 2.27. The fraction of sp³-hybridized carbons (Fsp3) is 0.905. The minimum Gasteiger partial charge on any atom is -0.388 e. The maximum atomic E-state index is 12.5. The van der Waals surface area contributed by atoms with Gasteiger partial charge in [-0.15, -0.1) is 0 Å². The van der Waals surface area contributed by atoms with Gasteiger partial charge < -0.3 is 20.8 Å². The van der Waals surface area contributed by atoms with Crippen LogP contribution in [0.2, 0.25) is 0 Å². The molecule has 2 fully saturated rings. The molecule has 2 amide bonds. The molecule has 0 aromatic carbocycles. The zero-order valence-corrected chi connectivity index (χ0v) is 17.4. The van der Waals surface area contributed by atoms with E-state index in [1.807, 2.05) is 27.7 Å². The Labute approximate surface area is 163 Å². The molecule has 0 unspecified atom stereocenters. The first-order chi connectivity index (χ1) is 12.6. The molecular formula is C21H38N2O4. The van der Waals surface area contributed by atoms with E-state index >= 15 is 0 Å². The molecule has 0 radical (unpaired) electrons. The minimum absolute atomic E-state index is 0.0859. The number of carbonyl (C=O) groups excluding carboxylic acids is 2. The maximum Gasteiger partial charge on any atom is 0.229 e. The Morgan fingerprint density at radius 1 is 0.741 bits per heavy atom. The molecule has 2 aliphatic rings. The van der Waals surface area contributed by atoms with E-state index < -0.39 is 11.2 Å². The van der Waals surface area contributed by atoms with Crippen LogP contribution in [0.4, 0.5) is 0 Å². The maximum absolute atomic E-state index is 12.5. The minimum atomic E-state index is -0.875. The molecule has 0 aromatic heterocycles. The normalized spacial score (nSPS) is 23.4. The number of hydrogen-bond acceptors (Lipinski definition) is 4. The molecular weight excluding hydrogens is 344 g/mol. The highest BCUT2D eigenvalue weighted by molar-refractivity contribution is 5.97. The van der Waals surface area contributed by atoms with Crippen LogP contribution in [0.25, 0.3) is 0 Å². The highest BCUT2D eigenvalue weighted by Crippen LogP contribution is 2.36. The van der Waals surface area contributed by atoms with Gasteiger partial charge in [0, 0.05) is 0 Å². The smallest absolute Gasteiger partial charge is 0.229 e. The van der Waals surface area contributed by atoms with Gasteiger partial charge in [0.25, 0.3) is 0 Å². The van der Waals surface area contributed by atoms with Crippen molar-refractivity contribution in [3.63, 3.8) is 0 Å². The van der Waals surface area contributed by atoms with Gasteiger partial charge in [-0.2, -0.15) is 0 Å². The van der Waals surface area contributed by atoms with Gasteiger partial charge in [-0.1, -0.05) is 53.4 Å². The Morgan fingerprint density at radius 2 is 1.04 bits per heavy atom. The molecule has 0 saturated heterocycles. The molecule has 27 heavy (non-hydrogen) atoms. The number of carbonyl (C=O) groups is 2. The van der Waals surface area contributed by atoms with Crippen LogP contribution in [-0.4, -0.2) is 45.3 Å². The van der Waals surface area contributed by atoms with Crippen LogP contribution in [-0.2, 0) is 9.59 Å². The molecule has 6 nitrogen and oxygen atoms in total. The van der Waals surface area contributed by atoms with Gasteiger partial charge in [-0.05, 0) is 37.5 Å². The van der Waals surface area contributed by atoms with Crippen LogP contribution in [0.1, 0.15) is 85.5 Å². The van der Waals surface area contributed by atoms with Crippen molar-refractivity contribution in [2.75, 3.05) is 0 Å². The average molecular weight is 383 g/mol. The summed E-state index contributed by atoms with van der Waals surface area (Å²) in [6, 6.07) is -0.694. The van der Waals surface area contributed by atoms with Crippen LogP contribution >= 0.6 is 0 Å². The number of amides is 2. The van der Waals surface area contributed by atoms with Gasteiger partial charge in [-0.3, -0.25) is 9.59 Å². The Bertz CT molecular complexity index is 474. The van der Waals surface area contributed by atoms with Crippen molar-refractivity contribution in [3.8, 4) is 0 Å². The van der Waals surface area contributed by atoms with Crippen LogP contribution < -0.4 is 10.6 Å². The van der Waals surface area contributed by atoms with E-state index in [0.717, 1.165) is 25.7 Å². The van der Waals surface area contributed by atoms with E-state index in [-0.39, 0.29) is 42.2 Å². The van der Waals surface area contributed by atoms with Gasteiger partial charge in [0.05, 0.1) is 23.3 Å². The SMILES string of the molecule is CC(C)[C@@H](NC(=O)CC(=O)N[C@H](C(C)C)C1(O)CCCC1)C1(O)CCCC1. The molecule has 0 bridgehead atoms. The summed E-state index contributed by atoms with van der Waals surface area (Å²) in [5.41, 5.74) is -1.75. The van der Waals surface area contributed by atoms with Crippen LogP contribution in [0, 0.1) is 11.8 Å². The molecule has 0 spiro atoms. The summed E-state index contributed by atoms with van der Waals surface area (Å²) >= 11 is 0. The Morgan fingerprint density at radius 3 is 1.30 bits per heavy atom. The second kappa shape index (κ2) is 8.91. The third kappa shape index (κ3) is 5.44. The van der Waals surface area contributed by atoms with Crippen molar-refractivity contribution in [1.29, 1.82) is 0 Å². The molecule has 6 heteroatoms. The summed E-state index contributed by atoms with van der Waals surface area (Å²) in [6.45, 7) is 7.91. The number of nitrogens with one attached hydrogen (secondary N) is 2. The monoisotopic (exact) mass is 382 g/mol. The molecule has 0 heterocycles. The van der Waals surface area contributed by atoms with Crippen molar-refractivity contribution in [3.05, 3.63) is 0 Å². The first kappa shape index (κ1) is 22.2. The van der Waals surface area contributed by atoms with Crippen molar-refractivity contribution in [2.45, 2.75) is 109 Å². The molecule has 2 rings (SSSR count). The summed E-state index contributed by atoms with van der Waals surface area (Å²) in [4.78, 5) is 24.9. The molecule has 156 valence electrons. The average Bonchev–Trinajstić information content (AvgIpc) is 3.19. The van der Waals surface area contributed by atoms with Crippen molar-refractivity contribution in [1.82, 2.24) is 10.6 Å². The Kier molecular flexibility index (Phi) is 7.31. The summed E-state index contributed by atoms with van der Waals surface area (Å²) in [5, 5.41) is 27.5. The summed E-state index contributed by atoms with van der Waals surface area (Å²) < 4.78 is 0. The van der Waals surface area contributed by atoms with Crippen LogP contribution in [0.3, 0.4) is 0 Å². The molecule has 4 N–H and O–H groups in total. The highest BCUT2D eigenvalue weighted by atomic mass is 16.3. The lowest BCUT2D eigenvalue weighted by Crippen LogP contribution is -2.56. The molecule has 2 atom stereocenters. The van der Waals surface area contributed by atoms with Gasteiger partial charge in [-0.25, -0.2) is 0 Å². The first-order valence-electron chi connectivity index (χ1n) is 10.6. The van der Waals surface area contributed by atoms with Gasteiger partial charge in [0.1, 0.15) is 6.42 Å². The zero-order chi connectivity index (χ0) is 20.2. The van der Waals surface area contributed by atoms with Crippen LogP contribution in [0.5, 0.6) is 0 Å². The zero-order valence-electron chi connectivity index (χ0n) is 17.4. The first-order valence-corrected chi connectivity index (χ1v) is 10.6.